The lowest BCUT2D eigenvalue weighted by atomic mass is 10.1. The highest BCUT2D eigenvalue weighted by Gasteiger charge is 2.21. The SMILES string of the molecule is C[C@H](c1ccc2scnc2c1)N1CCc2cc(-c3n[nH]c(=O)s3)cnc2CC1. The smallest absolute Gasteiger partial charge is 0.296 e. The third-order valence-corrected chi connectivity index (χ3v) is 7.04. The van der Waals surface area contributed by atoms with Gasteiger partial charge in [0, 0.05) is 43.0 Å². The summed E-state index contributed by atoms with van der Waals surface area (Å²) in [6, 6.07) is 9.08. The second kappa shape index (κ2) is 7.20. The summed E-state index contributed by atoms with van der Waals surface area (Å²) >= 11 is 2.80. The van der Waals surface area contributed by atoms with E-state index in [-0.39, 0.29) is 4.87 Å². The van der Waals surface area contributed by atoms with Gasteiger partial charge in [0.1, 0.15) is 5.01 Å². The first-order chi connectivity index (χ1) is 13.7. The maximum Gasteiger partial charge on any atom is 0.322 e. The van der Waals surface area contributed by atoms with Crippen molar-refractivity contribution in [1.29, 1.82) is 0 Å². The Labute approximate surface area is 169 Å². The van der Waals surface area contributed by atoms with E-state index in [0.29, 0.717) is 11.0 Å². The van der Waals surface area contributed by atoms with Crippen molar-refractivity contribution >= 4 is 32.9 Å². The van der Waals surface area contributed by atoms with Gasteiger partial charge in [0.05, 0.1) is 15.7 Å². The maximum absolute atomic E-state index is 11.4. The topological polar surface area (TPSA) is 74.8 Å². The molecule has 1 aliphatic rings. The largest absolute Gasteiger partial charge is 0.322 e. The molecule has 3 aromatic heterocycles. The Morgan fingerprint density at radius 1 is 1.18 bits per heavy atom. The van der Waals surface area contributed by atoms with Crippen molar-refractivity contribution < 1.29 is 0 Å². The lowest BCUT2D eigenvalue weighted by molar-refractivity contribution is 0.221. The normalized spacial score (nSPS) is 16.0. The summed E-state index contributed by atoms with van der Waals surface area (Å²) in [6.45, 7) is 4.22. The Hall–Kier alpha value is -2.42. The van der Waals surface area contributed by atoms with Crippen LogP contribution in [0.25, 0.3) is 20.8 Å². The van der Waals surface area contributed by atoms with Crippen LogP contribution in [0.5, 0.6) is 0 Å². The van der Waals surface area contributed by atoms with E-state index in [1.54, 1.807) is 11.3 Å². The van der Waals surface area contributed by atoms with Crippen LogP contribution in [0.15, 0.2) is 40.8 Å². The zero-order valence-electron chi connectivity index (χ0n) is 15.4. The molecule has 142 valence electrons. The predicted octanol–water partition coefficient (Wildman–Crippen LogP) is 3.66. The predicted molar refractivity (Wildman–Crippen MR) is 113 cm³/mol. The molecular weight excluding hydrogens is 390 g/mol. The molecule has 4 heterocycles. The van der Waals surface area contributed by atoms with Crippen LogP contribution in [-0.4, -0.2) is 38.2 Å². The molecule has 4 aromatic rings. The van der Waals surface area contributed by atoms with Gasteiger partial charge >= 0.3 is 4.87 Å². The number of aromatic amines is 1. The van der Waals surface area contributed by atoms with Gasteiger partial charge in [0.15, 0.2) is 0 Å². The molecule has 0 aliphatic carbocycles. The van der Waals surface area contributed by atoms with Crippen molar-refractivity contribution in [3.8, 4) is 10.6 Å². The summed E-state index contributed by atoms with van der Waals surface area (Å²) in [7, 11) is 0. The van der Waals surface area contributed by atoms with Crippen molar-refractivity contribution in [2.75, 3.05) is 13.1 Å². The molecule has 0 fully saturated rings. The number of H-pyrrole nitrogens is 1. The average Bonchev–Trinajstić information content (AvgIpc) is 3.30. The van der Waals surface area contributed by atoms with Gasteiger partial charge < -0.3 is 0 Å². The summed E-state index contributed by atoms with van der Waals surface area (Å²) in [5.74, 6) is 0. The van der Waals surface area contributed by atoms with Crippen LogP contribution in [0.1, 0.15) is 29.8 Å². The van der Waals surface area contributed by atoms with Crippen LogP contribution in [0.3, 0.4) is 0 Å². The van der Waals surface area contributed by atoms with Gasteiger partial charge in [-0.1, -0.05) is 17.4 Å². The van der Waals surface area contributed by atoms with E-state index < -0.39 is 0 Å². The van der Waals surface area contributed by atoms with Crippen molar-refractivity contribution in [3.63, 3.8) is 0 Å². The Morgan fingerprint density at radius 2 is 2.07 bits per heavy atom. The molecule has 1 N–H and O–H groups in total. The third kappa shape index (κ3) is 3.28. The fraction of sp³-hybridized carbons (Fsp3) is 0.300. The van der Waals surface area contributed by atoms with Gasteiger partial charge in [0.25, 0.3) is 0 Å². The number of aromatic nitrogens is 4. The number of hydrogen-bond donors (Lipinski definition) is 1. The monoisotopic (exact) mass is 409 g/mol. The van der Waals surface area contributed by atoms with Crippen molar-refractivity contribution in [1.82, 2.24) is 25.1 Å². The maximum atomic E-state index is 11.4. The van der Waals surface area contributed by atoms with Gasteiger partial charge in [-0.05, 0) is 42.7 Å². The van der Waals surface area contributed by atoms with Crippen LogP contribution in [0.2, 0.25) is 0 Å². The molecule has 1 aromatic carbocycles. The van der Waals surface area contributed by atoms with E-state index in [4.69, 9.17) is 0 Å². The third-order valence-electron chi connectivity index (χ3n) is 5.43. The minimum absolute atomic E-state index is 0.137. The van der Waals surface area contributed by atoms with E-state index in [1.807, 2.05) is 11.7 Å². The number of hydrogen-bond acceptors (Lipinski definition) is 7. The summed E-state index contributed by atoms with van der Waals surface area (Å²) in [5.41, 5.74) is 7.61. The first kappa shape index (κ1) is 17.7. The number of rotatable bonds is 3. The van der Waals surface area contributed by atoms with Gasteiger partial charge in [0.2, 0.25) is 0 Å². The first-order valence-corrected chi connectivity index (χ1v) is 11.0. The van der Waals surface area contributed by atoms with Gasteiger partial charge in [-0.15, -0.1) is 11.3 Å². The van der Waals surface area contributed by atoms with Crippen molar-refractivity contribution in [2.24, 2.45) is 0 Å². The quantitative estimate of drug-likeness (QED) is 0.559. The van der Waals surface area contributed by atoms with Crippen molar-refractivity contribution in [3.05, 3.63) is 62.5 Å². The number of pyridine rings is 1. The Bertz CT molecular complexity index is 1190. The van der Waals surface area contributed by atoms with Gasteiger partial charge in [-0.3, -0.25) is 14.7 Å². The Morgan fingerprint density at radius 3 is 2.93 bits per heavy atom. The molecule has 1 atom stereocenters. The summed E-state index contributed by atoms with van der Waals surface area (Å²) < 4.78 is 1.23. The van der Waals surface area contributed by atoms with Crippen LogP contribution < -0.4 is 4.87 Å². The van der Waals surface area contributed by atoms with E-state index >= 15 is 0 Å². The molecule has 0 saturated carbocycles. The summed E-state index contributed by atoms with van der Waals surface area (Å²) in [5, 5.41) is 7.27. The fourth-order valence-corrected chi connectivity index (χ4v) is 5.06. The van der Waals surface area contributed by atoms with Gasteiger partial charge in [-0.25, -0.2) is 10.1 Å². The summed E-state index contributed by atoms with van der Waals surface area (Å²) in [6.07, 6.45) is 3.70. The highest BCUT2D eigenvalue weighted by Crippen LogP contribution is 2.28. The number of fused-ring (bicyclic) bond motifs is 2. The summed E-state index contributed by atoms with van der Waals surface area (Å²) in [4.78, 5) is 22.9. The Balaban J connectivity index is 1.37. The zero-order valence-corrected chi connectivity index (χ0v) is 17.0. The lowest BCUT2D eigenvalue weighted by Crippen LogP contribution is -2.29. The molecule has 0 bridgehead atoms. The molecule has 5 rings (SSSR count). The highest BCUT2D eigenvalue weighted by molar-refractivity contribution is 7.16. The molecule has 0 amide bonds. The molecular formula is C20H19N5OS2. The second-order valence-electron chi connectivity index (χ2n) is 7.04. The number of nitrogens with zero attached hydrogens (tertiary/aromatic N) is 4. The van der Waals surface area contributed by atoms with E-state index in [2.05, 4.69) is 56.3 Å². The lowest BCUT2D eigenvalue weighted by Gasteiger charge is -2.27. The average molecular weight is 410 g/mol. The Kier molecular flexibility index (Phi) is 4.54. The molecule has 0 unspecified atom stereocenters. The molecule has 28 heavy (non-hydrogen) atoms. The standard InChI is InChI=1S/C20H19N5OS2/c1-12(13-2-3-18-17(9-13)22-11-27-18)25-6-4-14-8-15(10-21-16(14)5-7-25)19-23-24-20(26)28-19/h2-3,8-12H,4-7H2,1H3,(H,24,26)/t12-/m1/s1. The van der Waals surface area contributed by atoms with Crippen molar-refractivity contribution in [2.45, 2.75) is 25.8 Å². The van der Waals surface area contributed by atoms with E-state index in [0.717, 1.165) is 54.0 Å². The minimum Gasteiger partial charge on any atom is -0.296 e. The number of benzene rings is 1. The zero-order chi connectivity index (χ0) is 19.1. The highest BCUT2D eigenvalue weighted by atomic mass is 32.1. The molecule has 0 spiro atoms. The molecule has 0 saturated heterocycles. The van der Waals surface area contributed by atoms with E-state index in [1.165, 1.54) is 15.8 Å². The van der Waals surface area contributed by atoms with Gasteiger partial charge in [-0.2, -0.15) is 5.10 Å². The van der Waals surface area contributed by atoms with Crippen LogP contribution >= 0.6 is 22.7 Å². The van der Waals surface area contributed by atoms with Crippen LogP contribution in [0.4, 0.5) is 0 Å². The van der Waals surface area contributed by atoms with E-state index in [9.17, 15) is 4.79 Å². The first-order valence-electron chi connectivity index (χ1n) is 9.28. The number of nitrogens with one attached hydrogen (secondary N) is 1. The number of thiazole rings is 1. The molecule has 8 heteroatoms. The minimum atomic E-state index is -0.137. The fourth-order valence-electron chi connectivity index (χ4n) is 3.81. The molecule has 0 radical (unpaired) electrons. The van der Waals surface area contributed by atoms with Crippen LogP contribution in [-0.2, 0) is 12.8 Å². The molecule has 6 nitrogen and oxygen atoms in total. The van der Waals surface area contributed by atoms with Crippen LogP contribution in [0, 0.1) is 0 Å². The molecule has 1 aliphatic heterocycles. The second-order valence-corrected chi connectivity index (χ2v) is 8.89.